The first-order chi connectivity index (χ1) is 14.8. The van der Waals surface area contributed by atoms with Crippen molar-refractivity contribution in [2.45, 2.75) is 13.5 Å². The minimum atomic E-state index is 0. The fourth-order valence-corrected chi connectivity index (χ4v) is 3.75. The first kappa shape index (κ1) is 29.9. The molecular weight excluding hydrogens is 536 g/mol. The largest absolute Gasteiger partial charge is 1.00 e. The third kappa shape index (κ3) is 5.42. The van der Waals surface area contributed by atoms with Crippen LogP contribution in [0.1, 0.15) is 0 Å². The molecule has 0 unspecified atom stereocenters. The fraction of sp³-hybridized carbons (Fsp3) is 0.174. The monoisotopic (exact) mass is 555 g/mol. The molecule has 1 radical (unpaired) electrons. The van der Waals surface area contributed by atoms with Gasteiger partial charge in [-0.15, -0.1) is 0 Å². The van der Waals surface area contributed by atoms with E-state index in [9.17, 15) is 0 Å². The SMILES string of the molecule is COCn1c(-c2cccc(-c3nc4ccccc4n3COC)n2)nc2ccccc21.[Cl-].[Cl-].[Cl-].[V]. The number of hydrogen-bond donors (Lipinski definition) is 0. The number of fused-ring (bicyclic) bond motifs is 2. The van der Waals surface area contributed by atoms with E-state index in [2.05, 4.69) is 0 Å². The van der Waals surface area contributed by atoms with Gasteiger partial charge in [0.2, 0.25) is 0 Å². The van der Waals surface area contributed by atoms with Gasteiger partial charge in [-0.1, -0.05) is 30.3 Å². The molecule has 0 bridgehead atoms. The van der Waals surface area contributed by atoms with E-state index in [0.717, 1.165) is 45.1 Å². The van der Waals surface area contributed by atoms with Crippen molar-refractivity contribution in [3.8, 4) is 23.0 Å². The van der Waals surface area contributed by atoms with Gasteiger partial charge in [-0.3, -0.25) is 9.13 Å². The Labute approximate surface area is 228 Å². The number of aromatic nitrogens is 5. The molecule has 3 aromatic heterocycles. The number of benzene rings is 2. The van der Waals surface area contributed by atoms with Crippen molar-refractivity contribution < 1.29 is 65.3 Å². The number of para-hydroxylation sites is 4. The Hall–Kier alpha value is -2.10. The summed E-state index contributed by atoms with van der Waals surface area (Å²) in [4.78, 5) is 14.5. The summed E-state index contributed by atoms with van der Waals surface area (Å²) in [5.74, 6) is 1.52. The van der Waals surface area contributed by atoms with E-state index in [1.165, 1.54) is 0 Å². The number of nitrogens with zero attached hydrogens (tertiary/aromatic N) is 5. The van der Waals surface area contributed by atoms with Crippen LogP contribution in [0.3, 0.4) is 0 Å². The van der Waals surface area contributed by atoms with Crippen LogP contribution in [0.4, 0.5) is 0 Å². The summed E-state index contributed by atoms with van der Waals surface area (Å²) >= 11 is 0. The molecule has 0 aliphatic heterocycles. The van der Waals surface area contributed by atoms with E-state index >= 15 is 0 Å². The summed E-state index contributed by atoms with van der Waals surface area (Å²) in [7, 11) is 3.35. The smallest absolute Gasteiger partial charge is 0.161 e. The Kier molecular flexibility index (Phi) is 11.5. The van der Waals surface area contributed by atoms with Gasteiger partial charge in [0.05, 0.1) is 22.1 Å². The van der Waals surface area contributed by atoms with Crippen LogP contribution < -0.4 is 37.2 Å². The summed E-state index contributed by atoms with van der Waals surface area (Å²) in [6, 6.07) is 21.9. The number of ether oxygens (including phenoxy) is 2. The van der Waals surface area contributed by atoms with Crippen LogP contribution in [0, 0.1) is 0 Å². The molecule has 0 spiro atoms. The predicted octanol–water partition coefficient (Wildman–Crippen LogP) is -4.67. The topological polar surface area (TPSA) is 67.0 Å². The number of imidazole rings is 2. The molecule has 0 amide bonds. The Morgan fingerprint density at radius 2 is 1.00 bits per heavy atom. The first-order valence-corrected chi connectivity index (χ1v) is 9.66. The van der Waals surface area contributed by atoms with Gasteiger partial charge in [0.25, 0.3) is 0 Å². The number of methoxy groups -OCH3 is 2. The van der Waals surface area contributed by atoms with E-state index in [-0.39, 0.29) is 55.8 Å². The number of halogens is 3. The molecule has 0 aliphatic carbocycles. The van der Waals surface area contributed by atoms with E-state index in [4.69, 9.17) is 24.4 Å². The van der Waals surface area contributed by atoms with Crippen molar-refractivity contribution in [1.29, 1.82) is 0 Å². The molecule has 0 N–H and O–H groups in total. The molecule has 0 saturated carbocycles. The average molecular weight is 557 g/mol. The third-order valence-electron chi connectivity index (χ3n) is 5.03. The van der Waals surface area contributed by atoms with Gasteiger partial charge in [0.15, 0.2) is 11.6 Å². The Bertz CT molecular complexity index is 1260. The van der Waals surface area contributed by atoms with Gasteiger partial charge >= 0.3 is 0 Å². The summed E-state index contributed by atoms with van der Waals surface area (Å²) in [5.41, 5.74) is 5.35. The van der Waals surface area contributed by atoms with E-state index in [0.29, 0.717) is 13.5 Å². The molecule has 0 fully saturated rings. The fourth-order valence-electron chi connectivity index (χ4n) is 3.75. The molecule has 3 heterocycles. The molecule has 7 nitrogen and oxygen atoms in total. The van der Waals surface area contributed by atoms with Crippen molar-refractivity contribution in [3.63, 3.8) is 0 Å². The average Bonchev–Trinajstić information content (AvgIpc) is 3.34. The Morgan fingerprint density at radius 3 is 1.41 bits per heavy atom. The molecule has 34 heavy (non-hydrogen) atoms. The molecule has 179 valence electrons. The molecule has 0 aliphatic rings. The van der Waals surface area contributed by atoms with Gasteiger partial charge in [-0.25, -0.2) is 15.0 Å². The Balaban J connectivity index is 0.00000144. The van der Waals surface area contributed by atoms with Crippen molar-refractivity contribution in [1.82, 2.24) is 24.1 Å². The van der Waals surface area contributed by atoms with Crippen LogP contribution >= 0.6 is 0 Å². The molecule has 2 aromatic carbocycles. The first-order valence-electron chi connectivity index (χ1n) is 9.66. The van der Waals surface area contributed by atoms with Crippen LogP contribution in [0.15, 0.2) is 66.7 Å². The number of pyridine rings is 1. The molecule has 5 aromatic rings. The molecule has 0 atom stereocenters. The minimum absolute atomic E-state index is 0. The van der Waals surface area contributed by atoms with Gasteiger partial charge < -0.3 is 46.7 Å². The van der Waals surface area contributed by atoms with Crippen LogP contribution in [-0.2, 0) is 41.5 Å². The molecule has 11 heteroatoms. The maximum atomic E-state index is 5.42. The summed E-state index contributed by atoms with van der Waals surface area (Å²) in [6.07, 6.45) is 0. The normalized spacial score (nSPS) is 10.2. The second-order valence-electron chi connectivity index (χ2n) is 6.95. The summed E-state index contributed by atoms with van der Waals surface area (Å²) in [6.45, 7) is 0.786. The predicted molar refractivity (Wildman–Crippen MR) is 116 cm³/mol. The maximum Gasteiger partial charge on any atom is 0.161 e. The number of hydrogen-bond acceptors (Lipinski definition) is 5. The maximum absolute atomic E-state index is 5.42. The van der Waals surface area contributed by atoms with E-state index < -0.39 is 0 Å². The van der Waals surface area contributed by atoms with E-state index in [1.807, 2.05) is 75.9 Å². The van der Waals surface area contributed by atoms with Crippen LogP contribution in [0.5, 0.6) is 0 Å². The molecule has 0 saturated heterocycles. The number of rotatable bonds is 6. The van der Waals surface area contributed by atoms with Gasteiger partial charge in [0, 0.05) is 32.8 Å². The van der Waals surface area contributed by atoms with Gasteiger partial charge in [-0.2, -0.15) is 0 Å². The minimum Gasteiger partial charge on any atom is -1.00 e. The van der Waals surface area contributed by atoms with Crippen molar-refractivity contribution in [2.24, 2.45) is 0 Å². The van der Waals surface area contributed by atoms with Crippen molar-refractivity contribution in [2.75, 3.05) is 14.2 Å². The second kappa shape index (κ2) is 13.1. The molecule has 5 rings (SSSR count). The van der Waals surface area contributed by atoms with Crippen LogP contribution in [0.2, 0.25) is 0 Å². The standard InChI is InChI=1S/C23H21N5O2.3ClH.V/c1-29-14-27-20-12-5-3-8-16(20)25-22(27)18-10-7-11-19(24-18)23-26-17-9-4-6-13-21(17)28(23)15-30-2;;;;/h3-13H,14-15H2,1-2H3;3*1H;/p-3. The quantitative estimate of drug-likeness (QED) is 0.211. The zero-order valence-corrected chi connectivity index (χ0v) is 22.1. The summed E-state index contributed by atoms with van der Waals surface area (Å²) in [5, 5.41) is 0. The zero-order chi connectivity index (χ0) is 20.5. The summed E-state index contributed by atoms with van der Waals surface area (Å²) < 4.78 is 14.9. The van der Waals surface area contributed by atoms with Crippen LogP contribution in [0.25, 0.3) is 45.1 Å². The second-order valence-corrected chi connectivity index (χ2v) is 6.95. The van der Waals surface area contributed by atoms with Crippen molar-refractivity contribution >= 4 is 22.1 Å². The van der Waals surface area contributed by atoms with Crippen LogP contribution in [-0.4, -0.2) is 38.3 Å². The Morgan fingerprint density at radius 1 is 0.588 bits per heavy atom. The molecular formula is C23H21Cl3N5O2V-3. The van der Waals surface area contributed by atoms with Gasteiger partial charge in [0.1, 0.15) is 24.8 Å². The van der Waals surface area contributed by atoms with Gasteiger partial charge in [-0.05, 0) is 36.4 Å². The van der Waals surface area contributed by atoms with Crippen molar-refractivity contribution in [3.05, 3.63) is 66.7 Å². The third-order valence-corrected chi connectivity index (χ3v) is 5.03. The zero-order valence-electron chi connectivity index (χ0n) is 18.4. The van der Waals surface area contributed by atoms with E-state index in [1.54, 1.807) is 14.2 Å².